The molecule has 0 aromatic carbocycles. The van der Waals surface area contributed by atoms with Crippen LogP contribution in [0.2, 0.25) is 0 Å². The number of hydrogen-bond acceptors (Lipinski definition) is 4. The SMILES string of the molecule is CCCN1CCC(NC(=O)CSCc2ccncc2)CC1. The maximum absolute atomic E-state index is 12.0. The monoisotopic (exact) mass is 307 g/mol. The number of thioether (sulfide) groups is 1. The summed E-state index contributed by atoms with van der Waals surface area (Å²) in [6.07, 6.45) is 6.96. The molecule has 1 aromatic heterocycles. The van der Waals surface area contributed by atoms with Crippen molar-refractivity contribution in [3.63, 3.8) is 0 Å². The third-order valence-corrected chi connectivity index (χ3v) is 4.75. The Balaban J connectivity index is 1.60. The van der Waals surface area contributed by atoms with Gasteiger partial charge in [-0.15, -0.1) is 11.8 Å². The van der Waals surface area contributed by atoms with Crippen molar-refractivity contribution in [1.82, 2.24) is 15.2 Å². The van der Waals surface area contributed by atoms with Crippen molar-refractivity contribution in [3.05, 3.63) is 30.1 Å². The molecule has 4 nitrogen and oxygen atoms in total. The van der Waals surface area contributed by atoms with Gasteiger partial charge in [-0.2, -0.15) is 0 Å². The predicted molar refractivity (Wildman–Crippen MR) is 88.3 cm³/mol. The van der Waals surface area contributed by atoms with E-state index in [0.29, 0.717) is 11.8 Å². The lowest BCUT2D eigenvalue weighted by Crippen LogP contribution is -2.45. The molecule has 1 N–H and O–H groups in total. The lowest BCUT2D eigenvalue weighted by atomic mass is 10.1. The fourth-order valence-corrected chi connectivity index (χ4v) is 3.43. The Kier molecular flexibility index (Phi) is 7.03. The van der Waals surface area contributed by atoms with E-state index in [-0.39, 0.29) is 5.91 Å². The van der Waals surface area contributed by atoms with E-state index in [1.54, 1.807) is 24.2 Å². The predicted octanol–water partition coefficient (Wildman–Crippen LogP) is 2.31. The van der Waals surface area contributed by atoms with E-state index in [2.05, 4.69) is 22.1 Å². The number of pyridine rings is 1. The molecular formula is C16H25N3OS. The summed E-state index contributed by atoms with van der Waals surface area (Å²) in [5.41, 5.74) is 1.22. The van der Waals surface area contributed by atoms with Gasteiger partial charge in [-0.3, -0.25) is 9.78 Å². The Bertz CT molecular complexity index is 419. The first-order valence-electron chi connectivity index (χ1n) is 7.76. The normalized spacial score (nSPS) is 16.8. The van der Waals surface area contributed by atoms with Gasteiger partial charge in [0.1, 0.15) is 0 Å². The molecule has 2 heterocycles. The Morgan fingerprint density at radius 1 is 1.38 bits per heavy atom. The second-order valence-corrected chi connectivity index (χ2v) is 6.52. The second-order valence-electron chi connectivity index (χ2n) is 5.53. The summed E-state index contributed by atoms with van der Waals surface area (Å²) < 4.78 is 0. The summed E-state index contributed by atoms with van der Waals surface area (Å²) in [5.74, 6) is 1.57. The summed E-state index contributed by atoms with van der Waals surface area (Å²) in [5, 5.41) is 3.17. The van der Waals surface area contributed by atoms with Crippen LogP contribution in [0.4, 0.5) is 0 Å². The van der Waals surface area contributed by atoms with Crippen molar-refractivity contribution < 1.29 is 4.79 Å². The highest BCUT2D eigenvalue weighted by Gasteiger charge is 2.19. The highest BCUT2D eigenvalue weighted by molar-refractivity contribution is 7.99. The first-order chi connectivity index (χ1) is 10.3. The molecule has 21 heavy (non-hydrogen) atoms. The maximum Gasteiger partial charge on any atom is 0.230 e. The number of carbonyl (C=O) groups is 1. The molecule has 0 saturated carbocycles. The van der Waals surface area contributed by atoms with E-state index in [1.165, 1.54) is 18.5 Å². The highest BCUT2D eigenvalue weighted by Crippen LogP contribution is 2.13. The van der Waals surface area contributed by atoms with Gasteiger partial charge in [0.2, 0.25) is 5.91 Å². The average molecular weight is 307 g/mol. The maximum atomic E-state index is 12.0. The van der Waals surface area contributed by atoms with Crippen LogP contribution in [0.1, 0.15) is 31.7 Å². The van der Waals surface area contributed by atoms with Crippen LogP contribution < -0.4 is 5.32 Å². The minimum Gasteiger partial charge on any atom is -0.353 e. The average Bonchev–Trinajstić information content (AvgIpc) is 2.51. The molecule has 0 aliphatic carbocycles. The lowest BCUT2D eigenvalue weighted by molar-refractivity contribution is -0.119. The molecule has 116 valence electrons. The Morgan fingerprint density at radius 3 is 2.76 bits per heavy atom. The molecule has 0 bridgehead atoms. The number of carbonyl (C=O) groups excluding carboxylic acids is 1. The van der Waals surface area contributed by atoms with Crippen LogP contribution in [-0.2, 0) is 10.5 Å². The summed E-state index contributed by atoms with van der Waals surface area (Å²) in [6, 6.07) is 4.36. The van der Waals surface area contributed by atoms with Gasteiger partial charge in [0.25, 0.3) is 0 Å². The number of likely N-dealkylation sites (tertiary alicyclic amines) is 1. The highest BCUT2D eigenvalue weighted by atomic mass is 32.2. The zero-order valence-electron chi connectivity index (χ0n) is 12.8. The van der Waals surface area contributed by atoms with Crippen LogP contribution in [0.25, 0.3) is 0 Å². The number of rotatable bonds is 7. The van der Waals surface area contributed by atoms with Gasteiger partial charge in [-0.05, 0) is 43.5 Å². The third kappa shape index (κ3) is 6.06. The topological polar surface area (TPSA) is 45.2 Å². The summed E-state index contributed by atoms with van der Waals surface area (Å²) in [4.78, 5) is 18.4. The van der Waals surface area contributed by atoms with E-state index in [0.717, 1.165) is 31.7 Å². The molecule has 2 rings (SSSR count). The van der Waals surface area contributed by atoms with Crippen molar-refractivity contribution in [3.8, 4) is 0 Å². The van der Waals surface area contributed by atoms with Crippen LogP contribution in [0.3, 0.4) is 0 Å². The third-order valence-electron chi connectivity index (χ3n) is 3.74. The Morgan fingerprint density at radius 2 is 2.10 bits per heavy atom. The van der Waals surface area contributed by atoms with Crippen LogP contribution in [0.15, 0.2) is 24.5 Å². The molecule has 0 spiro atoms. The largest absolute Gasteiger partial charge is 0.353 e. The zero-order chi connectivity index (χ0) is 14.9. The quantitative estimate of drug-likeness (QED) is 0.839. The number of amides is 1. The van der Waals surface area contributed by atoms with Crippen molar-refractivity contribution in [2.75, 3.05) is 25.4 Å². The van der Waals surface area contributed by atoms with Gasteiger partial charge in [-0.25, -0.2) is 0 Å². The van der Waals surface area contributed by atoms with Crippen LogP contribution in [-0.4, -0.2) is 47.2 Å². The van der Waals surface area contributed by atoms with Gasteiger partial charge in [-0.1, -0.05) is 6.92 Å². The van der Waals surface area contributed by atoms with Crippen LogP contribution in [0.5, 0.6) is 0 Å². The zero-order valence-corrected chi connectivity index (χ0v) is 13.6. The fourth-order valence-electron chi connectivity index (χ4n) is 2.63. The van der Waals surface area contributed by atoms with Gasteiger partial charge in [0, 0.05) is 37.3 Å². The number of aromatic nitrogens is 1. The minimum atomic E-state index is 0.169. The Labute approximate surface area is 131 Å². The minimum absolute atomic E-state index is 0.169. The van der Waals surface area contributed by atoms with E-state index < -0.39 is 0 Å². The molecule has 0 radical (unpaired) electrons. The first kappa shape index (κ1) is 16.3. The van der Waals surface area contributed by atoms with E-state index in [1.807, 2.05) is 12.1 Å². The van der Waals surface area contributed by atoms with Gasteiger partial charge < -0.3 is 10.2 Å². The van der Waals surface area contributed by atoms with E-state index >= 15 is 0 Å². The molecule has 1 amide bonds. The summed E-state index contributed by atoms with van der Waals surface area (Å²) >= 11 is 1.66. The number of nitrogens with one attached hydrogen (secondary N) is 1. The number of hydrogen-bond donors (Lipinski definition) is 1. The van der Waals surface area contributed by atoms with Crippen LogP contribution in [0, 0.1) is 0 Å². The van der Waals surface area contributed by atoms with Gasteiger partial charge in [0.05, 0.1) is 5.75 Å². The standard InChI is InChI=1S/C16H25N3OS/c1-2-9-19-10-5-15(6-11-19)18-16(20)13-21-12-14-3-7-17-8-4-14/h3-4,7-8,15H,2,5-6,9-13H2,1H3,(H,18,20). The molecule has 1 aliphatic heterocycles. The Hall–Kier alpha value is -1.07. The smallest absolute Gasteiger partial charge is 0.230 e. The number of nitrogens with zero attached hydrogens (tertiary/aromatic N) is 2. The molecule has 5 heteroatoms. The molecule has 1 aliphatic rings. The second kappa shape index (κ2) is 9.05. The van der Waals surface area contributed by atoms with E-state index in [4.69, 9.17) is 0 Å². The lowest BCUT2D eigenvalue weighted by Gasteiger charge is -2.32. The van der Waals surface area contributed by atoms with Crippen molar-refractivity contribution in [1.29, 1.82) is 0 Å². The molecule has 0 unspecified atom stereocenters. The van der Waals surface area contributed by atoms with Gasteiger partial charge in [0.15, 0.2) is 0 Å². The summed E-state index contributed by atoms with van der Waals surface area (Å²) in [6.45, 7) is 5.63. The van der Waals surface area contributed by atoms with Crippen molar-refractivity contribution in [2.45, 2.75) is 38.0 Å². The molecule has 1 saturated heterocycles. The number of piperidine rings is 1. The van der Waals surface area contributed by atoms with Crippen molar-refractivity contribution >= 4 is 17.7 Å². The van der Waals surface area contributed by atoms with Gasteiger partial charge >= 0.3 is 0 Å². The van der Waals surface area contributed by atoms with Crippen molar-refractivity contribution in [2.24, 2.45) is 0 Å². The molecule has 0 atom stereocenters. The molecule has 1 aromatic rings. The summed E-state index contributed by atoms with van der Waals surface area (Å²) in [7, 11) is 0. The molecular weight excluding hydrogens is 282 g/mol. The van der Waals surface area contributed by atoms with Crippen LogP contribution >= 0.6 is 11.8 Å². The first-order valence-corrected chi connectivity index (χ1v) is 8.91. The fraction of sp³-hybridized carbons (Fsp3) is 0.625. The van der Waals surface area contributed by atoms with E-state index in [9.17, 15) is 4.79 Å². The molecule has 1 fully saturated rings.